The third-order valence-corrected chi connectivity index (χ3v) is 3.32. The van der Waals surface area contributed by atoms with E-state index < -0.39 is 0 Å². The van der Waals surface area contributed by atoms with Crippen molar-refractivity contribution < 1.29 is 0 Å². The van der Waals surface area contributed by atoms with Crippen molar-refractivity contribution in [3.05, 3.63) is 23.5 Å². The van der Waals surface area contributed by atoms with Crippen LogP contribution in [-0.2, 0) is 0 Å². The molecule has 0 atom stereocenters. The number of nitrogens with zero attached hydrogens (tertiary/aromatic N) is 2. The van der Waals surface area contributed by atoms with E-state index in [2.05, 4.69) is 9.88 Å². The topological polar surface area (TPSA) is 66.0 Å². The molecule has 0 saturated carbocycles. The smallest absolute Gasteiger partial charge is 0.0938 e. The lowest BCUT2D eigenvalue weighted by Crippen LogP contribution is -2.38. The normalized spacial score (nSPS) is 17.4. The molecule has 3 N–H and O–H groups in total. The molecule has 0 spiro atoms. The number of amidine groups is 1. The molecule has 0 aliphatic carbocycles. The number of piperidine rings is 1. The van der Waals surface area contributed by atoms with Crippen LogP contribution >= 0.6 is 11.6 Å². The van der Waals surface area contributed by atoms with Crippen LogP contribution in [0.1, 0.15) is 12.8 Å². The van der Waals surface area contributed by atoms with E-state index in [0.717, 1.165) is 31.6 Å². The molecule has 16 heavy (non-hydrogen) atoms. The fourth-order valence-corrected chi connectivity index (χ4v) is 2.29. The summed E-state index contributed by atoms with van der Waals surface area (Å²) in [6, 6.07) is 1.93. The second kappa shape index (κ2) is 4.70. The van der Waals surface area contributed by atoms with Gasteiger partial charge in [-0.2, -0.15) is 0 Å². The molecule has 2 rings (SSSR count). The fourth-order valence-electron chi connectivity index (χ4n) is 2.06. The first-order chi connectivity index (χ1) is 7.68. The van der Waals surface area contributed by atoms with E-state index in [4.69, 9.17) is 22.7 Å². The van der Waals surface area contributed by atoms with Crippen LogP contribution in [0.5, 0.6) is 0 Å². The van der Waals surface area contributed by atoms with Crippen molar-refractivity contribution in [2.24, 2.45) is 11.7 Å². The van der Waals surface area contributed by atoms with Gasteiger partial charge in [0.1, 0.15) is 0 Å². The van der Waals surface area contributed by atoms with Crippen molar-refractivity contribution in [3.63, 3.8) is 0 Å². The standard InChI is InChI=1S/C11H15ClN4/c12-9-7-15-4-1-10(9)16-5-2-8(3-6-16)11(13)14/h1,4,7-8H,2-3,5-6H2,(H3,13,14). The van der Waals surface area contributed by atoms with Gasteiger partial charge in [-0.15, -0.1) is 0 Å². The molecular formula is C11H15ClN4. The highest BCUT2D eigenvalue weighted by molar-refractivity contribution is 6.33. The van der Waals surface area contributed by atoms with Crippen molar-refractivity contribution in [2.75, 3.05) is 18.0 Å². The van der Waals surface area contributed by atoms with Gasteiger partial charge in [-0.3, -0.25) is 10.4 Å². The Balaban J connectivity index is 2.05. The van der Waals surface area contributed by atoms with Gasteiger partial charge in [0.05, 0.1) is 16.5 Å². The van der Waals surface area contributed by atoms with Crippen LogP contribution in [0.25, 0.3) is 0 Å². The zero-order valence-electron chi connectivity index (χ0n) is 8.99. The number of nitrogens with one attached hydrogen (secondary N) is 1. The minimum atomic E-state index is 0.233. The largest absolute Gasteiger partial charge is 0.387 e. The number of anilines is 1. The molecule has 1 aliphatic heterocycles. The average molecular weight is 239 g/mol. The maximum atomic E-state index is 7.42. The molecule has 0 unspecified atom stereocenters. The molecule has 0 aromatic carbocycles. The van der Waals surface area contributed by atoms with E-state index in [1.165, 1.54) is 0 Å². The molecule has 1 aliphatic rings. The highest BCUT2D eigenvalue weighted by atomic mass is 35.5. The summed E-state index contributed by atoms with van der Waals surface area (Å²) in [5, 5.41) is 8.11. The molecule has 1 aromatic heterocycles. The minimum absolute atomic E-state index is 0.233. The molecule has 1 aromatic rings. The molecule has 86 valence electrons. The summed E-state index contributed by atoms with van der Waals surface area (Å²) in [6.45, 7) is 1.79. The van der Waals surface area contributed by atoms with Gasteiger partial charge in [-0.05, 0) is 18.9 Å². The Bertz CT molecular complexity index is 385. The second-order valence-corrected chi connectivity index (χ2v) is 4.45. The molecule has 4 nitrogen and oxygen atoms in total. The number of hydrogen-bond acceptors (Lipinski definition) is 3. The van der Waals surface area contributed by atoms with Gasteiger partial charge in [0, 0.05) is 31.4 Å². The van der Waals surface area contributed by atoms with Gasteiger partial charge in [0.15, 0.2) is 0 Å². The molecule has 1 fully saturated rings. The van der Waals surface area contributed by atoms with Gasteiger partial charge in [0.2, 0.25) is 0 Å². The van der Waals surface area contributed by atoms with Crippen molar-refractivity contribution in [2.45, 2.75) is 12.8 Å². The maximum absolute atomic E-state index is 7.42. The van der Waals surface area contributed by atoms with E-state index in [-0.39, 0.29) is 5.92 Å². The maximum Gasteiger partial charge on any atom is 0.0938 e. The predicted molar refractivity (Wildman–Crippen MR) is 66.1 cm³/mol. The lowest BCUT2D eigenvalue weighted by molar-refractivity contribution is 0.498. The van der Waals surface area contributed by atoms with E-state index in [1.54, 1.807) is 12.4 Å². The third-order valence-electron chi connectivity index (χ3n) is 3.03. The number of aromatic nitrogens is 1. The second-order valence-electron chi connectivity index (χ2n) is 4.04. The van der Waals surface area contributed by atoms with Gasteiger partial charge in [0.25, 0.3) is 0 Å². The van der Waals surface area contributed by atoms with Crippen LogP contribution in [0.2, 0.25) is 5.02 Å². The van der Waals surface area contributed by atoms with E-state index in [0.29, 0.717) is 10.9 Å². The SMILES string of the molecule is N=C(N)C1CCN(c2ccncc2Cl)CC1. The number of hydrogen-bond donors (Lipinski definition) is 2. The van der Waals surface area contributed by atoms with Crippen molar-refractivity contribution in [3.8, 4) is 0 Å². The number of nitrogens with two attached hydrogens (primary N) is 1. The summed E-state index contributed by atoms with van der Waals surface area (Å²) in [6.07, 6.45) is 5.26. The first-order valence-corrected chi connectivity index (χ1v) is 5.74. The summed E-state index contributed by atoms with van der Waals surface area (Å²) < 4.78 is 0. The highest BCUT2D eigenvalue weighted by Crippen LogP contribution is 2.28. The first-order valence-electron chi connectivity index (χ1n) is 5.37. The van der Waals surface area contributed by atoms with Gasteiger partial charge in [-0.25, -0.2) is 0 Å². The Morgan fingerprint density at radius 1 is 1.50 bits per heavy atom. The van der Waals surface area contributed by atoms with Crippen LogP contribution in [-0.4, -0.2) is 23.9 Å². The molecule has 0 amide bonds. The zero-order chi connectivity index (χ0) is 11.5. The van der Waals surface area contributed by atoms with Crippen LogP contribution in [0, 0.1) is 11.3 Å². The first kappa shape index (κ1) is 11.2. The van der Waals surface area contributed by atoms with Crippen molar-refractivity contribution in [1.82, 2.24) is 4.98 Å². The van der Waals surface area contributed by atoms with Crippen LogP contribution in [0.15, 0.2) is 18.5 Å². The number of pyridine rings is 1. The summed E-state index contributed by atoms with van der Waals surface area (Å²) >= 11 is 6.09. The van der Waals surface area contributed by atoms with E-state index >= 15 is 0 Å². The minimum Gasteiger partial charge on any atom is -0.387 e. The Labute approximate surface area is 99.9 Å². The zero-order valence-corrected chi connectivity index (χ0v) is 9.74. The number of rotatable bonds is 2. The molecule has 5 heteroatoms. The van der Waals surface area contributed by atoms with Gasteiger partial charge in [-0.1, -0.05) is 11.6 Å². The molecule has 2 heterocycles. The lowest BCUT2D eigenvalue weighted by Gasteiger charge is -2.33. The van der Waals surface area contributed by atoms with Gasteiger partial charge >= 0.3 is 0 Å². The lowest BCUT2D eigenvalue weighted by atomic mass is 9.95. The molecule has 0 bridgehead atoms. The predicted octanol–water partition coefficient (Wildman–Crippen LogP) is 1.89. The van der Waals surface area contributed by atoms with Gasteiger partial charge < -0.3 is 10.6 Å². The van der Waals surface area contributed by atoms with Crippen LogP contribution in [0.4, 0.5) is 5.69 Å². The Kier molecular flexibility index (Phi) is 3.29. The summed E-state index contributed by atoms with van der Waals surface area (Å²) in [7, 11) is 0. The quantitative estimate of drug-likeness (QED) is 0.611. The third kappa shape index (κ3) is 2.27. The molecule has 1 saturated heterocycles. The summed E-state index contributed by atoms with van der Waals surface area (Å²) in [4.78, 5) is 6.20. The molecular weight excluding hydrogens is 224 g/mol. The Morgan fingerprint density at radius 2 is 2.19 bits per heavy atom. The molecule has 0 radical (unpaired) electrons. The van der Waals surface area contributed by atoms with Crippen LogP contribution in [0.3, 0.4) is 0 Å². The highest BCUT2D eigenvalue weighted by Gasteiger charge is 2.22. The van der Waals surface area contributed by atoms with Crippen LogP contribution < -0.4 is 10.6 Å². The number of halogens is 1. The summed E-state index contributed by atoms with van der Waals surface area (Å²) in [5.74, 6) is 0.539. The fraction of sp³-hybridized carbons (Fsp3) is 0.455. The summed E-state index contributed by atoms with van der Waals surface area (Å²) in [5.41, 5.74) is 6.54. The van der Waals surface area contributed by atoms with Crippen molar-refractivity contribution in [1.29, 1.82) is 5.41 Å². The Morgan fingerprint density at radius 3 is 2.75 bits per heavy atom. The monoisotopic (exact) mass is 238 g/mol. The Hall–Kier alpha value is -1.29. The average Bonchev–Trinajstić information content (AvgIpc) is 2.30. The van der Waals surface area contributed by atoms with E-state index in [9.17, 15) is 0 Å². The van der Waals surface area contributed by atoms with Crippen molar-refractivity contribution >= 4 is 23.1 Å². The van der Waals surface area contributed by atoms with E-state index in [1.807, 2.05) is 6.07 Å².